The number of hydrogen-bond donors (Lipinski definition) is 1. The Morgan fingerprint density at radius 3 is 3.00 bits per heavy atom. The van der Waals surface area contributed by atoms with E-state index in [2.05, 4.69) is 36.5 Å². The molecule has 1 N–H and O–H groups in total. The van der Waals surface area contributed by atoms with Crippen molar-refractivity contribution in [1.29, 1.82) is 0 Å². The van der Waals surface area contributed by atoms with Crippen LogP contribution in [-0.4, -0.2) is 13.2 Å². The van der Waals surface area contributed by atoms with Crippen molar-refractivity contribution in [1.82, 2.24) is 5.32 Å². The highest BCUT2D eigenvalue weighted by molar-refractivity contribution is 7.16. The van der Waals surface area contributed by atoms with Crippen molar-refractivity contribution in [3.8, 4) is 5.75 Å². The molecule has 21 heavy (non-hydrogen) atoms. The molecule has 1 unspecified atom stereocenters. The lowest BCUT2D eigenvalue weighted by atomic mass is 10.0. The molecule has 1 aliphatic rings. The molecule has 0 saturated carbocycles. The zero-order valence-corrected chi connectivity index (χ0v) is 13.8. The fourth-order valence-electron chi connectivity index (χ4n) is 2.78. The summed E-state index contributed by atoms with van der Waals surface area (Å²) in [6.45, 7) is 4.02. The van der Waals surface area contributed by atoms with E-state index in [0.29, 0.717) is 6.04 Å². The van der Waals surface area contributed by atoms with Gasteiger partial charge in [-0.2, -0.15) is 0 Å². The molecule has 0 spiro atoms. The zero-order chi connectivity index (χ0) is 14.7. The van der Waals surface area contributed by atoms with Crippen molar-refractivity contribution in [2.75, 3.05) is 13.2 Å². The molecular formula is C17H20ClNOS. The van der Waals surface area contributed by atoms with Gasteiger partial charge in [-0.1, -0.05) is 30.7 Å². The van der Waals surface area contributed by atoms with Gasteiger partial charge in [0.1, 0.15) is 5.75 Å². The maximum atomic E-state index is 5.97. The molecule has 4 heteroatoms. The number of fused-ring (bicyclic) bond motifs is 1. The van der Waals surface area contributed by atoms with Crippen LogP contribution in [0.3, 0.4) is 0 Å². The average molecular weight is 322 g/mol. The van der Waals surface area contributed by atoms with Crippen LogP contribution in [0, 0.1) is 0 Å². The largest absolute Gasteiger partial charge is 0.493 e. The van der Waals surface area contributed by atoms with E-state index in [1.54, 1.807) is 11.3 Å². The van der Waals surface area contributed by atoms with Crippen molar-refractivity contribution >= 4 is 22.9 Å². The minimum absolute atomic E-state index is 0.409. The molecule has 0 radical (unpaired) electrons. The minimum Gasteiger partial charge on any atom is -0.493 e. The van der Waals surface area contributed by atoms with Gasteiger partial charge in [-0.05, 0) is 42.2 Å². The molecule has 0 bridgehead atoms. The molecule has 0 amide bonds. The molecule has 112 valence electrons. The number of ether oxygens (including phenoxy) is 1. The van der Waals surface area contributed by atoms with Crippen LogP contribution in [0.2, 0.25) is 4.34 Å². The summed E-state index contributed by atoms with van der Waals surface area (Å²) in [5, 5.41) is 3.66. The van der Waals surface area contributed by atoms with E-state index in [4.69, 9.17) is 16.3 Å². The first kappa shape index (κ1) is 14.9. The van der Waals surface area contributed by atoms with Gasteiger partial charge < -0.3 is 10.1 Å². The summed E-state index contributed by atoms with van der Waals surface area (Å²) in [7, 11) is 0. The predicted molar refractivity (Wildman–Crippen MR) is 89.7 cm³/mol. The van der Waals surface area contributed by atoms with E-state index < -0.39 is 0 Å². The maximum absolute atomic E-state index is 5.97. The Labute approximate surface area is 135 Å². The number of benzene rings is 1. The fourth-order valence-corrected chi connectivity index (χ4v) is 3.86. The topological polar surface area (TPSA) is 21.3 Å². The van der Waals surface area contributed by atoms with Crippen molar-refractivity contribution in [3.05, 3.63) is 50.7 Å². The molecule has 3 rings (SSSR count). The monoisotopic (exact) mass is 321 g/mol. The van der Waals surface area contributed by atoms with E-state index in [1.807, 2.05) is 6.07 Å². The second-order valence-electron chi connectivity index (χ2n) is 5.34. The Balaban J connectivity index is 1.59. The number of thiophene rings is 1. The number of halogens is 1. The van der Waals surface area contributed by atoms with Gasteiger partial charge >= 0.3 is 0 Å². The summed E-state index contributed by atoms with van der Waals surface area (Å²) >= 11 is 7.63. The lowest BCUT2D eigenvalue weighted by molar-refractivity contribution is 0.356. The Hall–Kier alpha value is -1.03. The van der Waals surface area contributed by atoms with Crippen LogP contribution in [0.15, 0.2) is 30.3 Å². The second-order valence-corrected chi connectivity index (χ2v) is 7.14. The van der Waals surface area contributed by atoms with Crippen LogP contribution < -0.4 is 10.1 Å². The van der Waals surface area contributed by atoms with Crippen LogP contribution in [0.5, 0.6) is 5.75 Å². The van der Waals surface area contributed by atoms with Gasteiger partial charge in [-0.3, -0.25) is 0 Å². The highest BCUT2D eigenvalue weighted by atomic mass is 35.5. The molecule has 1 atom stereocenters. The highest BCUT2D eigenvalue weighted by Gasteiger charge is 2.15. The molecule has 1 aliphatic heterocycles. The summed E-state index contributed by atoms with van der Waals surface area (Å²) in [6, 6.07) is 11.1. The summed E-state index contributed by atoms with van der Waals surface area (Å²) < 4.78 is 6.45. The van der Waals surface area contributed by atoms with Crippen LogP contribution >= 0.6 is 22.9 Å². The Bertz CT molecular complexity index is 611. The van der Waals surface area contributed by atoms with E-state index in [-0.39, 0.29) is 0 Å². The van der Waals surface area contributed by atoms with E-state index in [9.17, 15) is 0 Å². The quantitative estimate of drug-likeness (QED) is 0.838. The Morgan fingerprint density at radius 2 is 2.24 bits per heavy atom. The Morgan fingerprint density at radius 1 is 1.33 bits per heavy atom. The van der Waals surface area contributed by atoms with Gasteiger partial charge in [0.2, 0.25) is 0 Å². The molecule has 2 aromatic rings. The van der Waals surface area contributed by atoms with Crippen molar-refractivity contribution in [3.63, 3.8) is 0 Å². The van der Waals surface area contributed by atoms with E-state index in [1.165, 1.54) is 16.0 Å². The van der Waals surface area contributed by atoms with Crippen LogP contribution in [0.25, 0.3) is 0 Å². The molecule has 1 aromatic heterocycles. The number of rotatable bonds is 6. The maximum Gasteiger partial charge on any atom is 0.122 e. The number of hydrogen-bond acceptors (Lipinski definition) is 3. The average Bonchev–Trinajstić information content (AvgIpc) is 3.11. The lowest BCUT2D eigenvalue weighted by Gasteiger charge is -2.18. The molecule has 0 saturated heterocycles. The van der Waals surface area contributed by atoms with E-state index >= 15 is 0 Å². The lowest BCUT2D eigenvalue weighted by Crippen LogP contribution is -2.23. The normalized spacial score (nSPS) is 14.8. The summed E-state index contributed by atoms with van der Waals surface area (Å²) in [5.74, 6) is 1.06. The van der Waals surface area contributed by atoms with Crippen molar-refractivity contribution < 1.29 is 4.74 Å². The minimum atomic E-state index is 0.409. The first-order valence-electron chi connectivity index (χ1n) is 7.49. The van der Waals surface area contributed by atoms with Gasteiger partial charge in [-0.15, -0.1) is 11.3 Å². The third-order valence-corrected chi connectivity index (χ3v) is 5.21. The van der Waals surface area contributed by atoms with Gasteiger partial charge in [0.05, 0.1) is 10.9 Å². The summed E-state index contributed by atoms with van der Waals surface area (Å²) in [4.78, 5) is 1.34. The van der Waals surface area contributed by atoms with Crippen molar-refractivity contribution in [2.24, 2.45) is 0 Å². The molecule has 1 aromatic carbocycles. The fraction of sp³-hybridized carbons (Fsp3) is 0.412. The SMILES string of the molecule is CCC(NCCc1ccc(Cl)s1)c1ccc2c(c1)CCO2. The second kappa shape index (κ2) is 6.82. The highest BCUT2D eigenvalue weighted by Crippen LogP contribution is 2.29. The molecular weight excluding hydrogens is 302 g/mol. The van der Waals surface area contributed by atoms with E-state index in [0.717, 1.165) is 42.5 Å². The smallest absolute Gasteiger partial charge is 0.122 e. The molecule has 0 aliphatic carbocycles. The van der Waals surface area contributed by atoms with Crippen LogP contribution in [0.4, 0.5) is 0 Å². The predicted octanol–water partition coefficient (Wildman–Crippen LogP) is 4.62. The number of nitrogens with one attached hydrogen (secondary N) is 1. The first-order chi connectivity index (χ1) is 10.3. The van der Waals surface area contributed by atoms with Crippen molar-refractivity contribution in [2.45, 2.75) is 32.2 Å². The third kappa shape index (κ3) is 3.60. The Kier molecular flexibility index (Phi) is 4.84. The van der Waals surface area contributed by atoms with Gasteiger partial charge in [0.25, 0.3) is 0 Å². The molecule has 0 fully saturated rings. The van der Waals surface area contributed by atoms with Gasteiger partial charge in [-0.25, -0.2) is 0 Å². The molecule has 2 nitrogen and oxygen atoms in total. The summed E-state index contributed by atoms with van der Waals surface area (Å²) in [5.41, 5.74) is 2.71. The zero-order valence-electron chi connectivity index (χ0n) is 12.2. The molecule has 2 heterocycles. The summed E-state index contributed by atoms with van der Waals surface area (Å²) in [6.07, 6.45) is 3.15. The van der Waals surface area contributed by atoms with Crippen LogP contribution in [0.1, 0.15) is 35.4 Å². The standard InChI is InChI=1S/C17H20ClNOS/c1-2-15(19-9-7-14-4-6-17(18)21-14)12-3-5-16-13(11-12)8-10-20-16/h3-6,11,15,19H,2,7-10H2,1H3. The van der Waals surface area contributed by atoms with Gasteiger partial charge in [0, 0.05) is 23.9 Å². The first-order valence-corrected chi connectivity index (χ1v) is 8.69. The van der Waals surface area contributed by atoms with Gasteiger partial charge in [0.15, 0.2) is 0 Å². The van der Waals surface area contributed by atoms with Crippen LogP contribution in [-0.2, 0) is 12.8 Å². The third-order valence-electron chi connectivity index (χ3n) is 3.92.